The van der Waals surface area contributed by atoms with Gasteiger partial charge in [0.1, 0.15) is 5.82 Å². The lowest BCUT2D eigenvalue weighted by Gasteiger charge is -2.06. The van der Waals surface area contributed by atoms with Crippen LogP contribution in [0.25, 0.3) is 17.1 Å². The van der Waals surface area contributed by atoms with Gasteiger partial charge in [-0.1, -0.05) is 6.92 Å². The second-order valence-corrected chi connectivity index (χ2v) is 4.90. The summed E-state index contributed by atoms with van der Waals surface area (Å²) in [5, 5.41) is 7.46. The Hall–Kier alpha value is -2.70. The first kappa shape index (κ1) is 14.2. The van der Waals surface area contributed by atoms with E-state index in [1.165, 1.54) is 0 Å². The number of hydrogen-bond donors (Lipinski definition) is 1. The van der Waals surface area contributed by atoms with E-state index in [0.29, 0.717) is 5.95 Å². The molecule has 0 unspecified atom stereocenters. The molecule has 3 heterocycles. The summed E-state index contributed by atoms with van der Waals surface area (Å²) in [5.41, 5.74) is 1.85. The first-order valence-corrected chi connectivity index (χ1v) is 7.44. The van der Waals surface area contributed by atoms with Crippen LogP contribution in [0.1, 0.15) is 20.3 Å². The molecule has 7 nitrogen and oxygen atoms in total. The molecule has 0 saturated carbocycles. The van der Waals surface area contributed by atoms with Gasteiger partial charge in [-0.15, -0.1) is 0 Å². The molecule has 3 aromatic heterocycles. The Bertz CT molecular complexity index is 726. The maximum absolute atomic E-state index is 4.42. The fourth-order valence-corrected chi connectivity index (χ4v) is 2.15. The largest absolute Gasteiger partial charge is 0.354 e. The quantitative estimate of drug-likeness (QED) is 0.756. The minimum absolute atomic E-state index is 0.641. The highest BCUT2D eigenvalue weighted by molar-refractivity contribution is 5.56. The van der Waals surface area contributed by atoms with Crippen LogP contribution >= 0.6 is 0 Å². The van der Waals surface area contributed by atoms with Crippen molar-refractivity contribution in [3.8, 4) is 17.1 Å². The van der Waals surface area contributed by atoms with Crippen LogP contribution in [0.2, 0.25) is 0 Å². The summed E-state index contributed by atoms with van der Waals surface area (Å²) < 4.78 is 3.87. The van der Waals surface area contributed by atoms with Crippen molar-refractivity contribution < 1.29 is 0 Å². The zero-order valence-corrected chi connectivity index (χ0v) is 12.8. The molecule has 1 N–H and O–H groups in total. The van der Waals surface area contributed by atoms with Crippen LogP contribution in [-0.2, 0) is 6.54 Å². The fraction of sp³-hybridized carbons (Fsp3) is 0.333. The van der Waals surface area contributed by atoms with Crippen molar-refractivity contribution in [3.63, 3.8) is 0 Å². The number of hydrogen-bond acceptors (Lipinski definition) is 5. The predicted octanol–water partition coefficient (Wildman–Crippen LogP) is 2.37. The van der Waals surface area contributed by atoms with Gasteiger partial charge < -0.3 is 5.32 Å². The first-order chi connectivity index (χ1) is 10.8. The van der Waals surface area contributed by atoms with Crippen molar-refractivity contribution in [1.29, 1.82) is 0 Å². The lowest BCUT2D eigenvalue weighted by molar-refractivity contribution is 0.659. The highest BCUT2D eigenvalue weighted by Crippen LogP contribution is 2.20. The van der Waals surface area contributed by atoms with E-state index in [4.69, 9.17) is 0 Å². The molecule has 0 aliphatic carbocycles. The zero-order chi connectivity index (χ0) is 15.4. The van der Waals surface area contributed by atoms with Crippen LogP contribution in [0.15, 0.2) is 37.2 Å². The summed E-state index contributed by atoms with van der Waals surface area (Å²) in [4.78, 5) is 13.1. The first-order valence-electron chi connectivity index (χ1n) is 7.44. The molecule has 0 bridgehead atoms. The van der Waals surface area contributed by atoms with Crippen molar-refractivity contribution in [3.05, 3.63) is 37.2 Å². The van der Waals surface area contributed by atoms with Gasteiger partial charge in [-0.25, -0.2) is 15.0 Å². The van der Waals surface area contributed by atoms with Crippen LogP contribution in [0.4, 0.5) is 5.95 Å². The van der Waals surface area contributed by atoms with Crippen molar-refractivity contribution in [1.82, 2.24) is 29.3 Å². The molecule has 3 aromatic rings. The summed E-state index contributed by atoms with van der Waals surface area (Å²) in [6.45, 7) is 5.87. The molecule has 0 saturated heterocycles. The van der Waals surface area contributed by atoms with E-state index in [1.807, 2.05) is 27.8 Å². The Kier molecular flexibility index (Phi) is 4.13. The van der Waals surface area contributed by atoms with Crippen LogP contribution in [0, 0.1) is 0 Å². The number of anilines is 1. The van der Waals surface area contributed by atoms with Gasteiger partial charge in [-0.2, -0.15) is 5.10 Å². The summed E-state index contributed by atoms with van der Waals surface area (Å²) in [6, 6.07) is 0. The average molecular weight is 297 g/mol. The third-order valence-corrected chi connectivity index (χ3v) is 3.31. The van der Waals surface area contributed by atoms with Crippen molar-refractivity contribution in [2.75, 3.05) is 11.9 Å². The predicted molar refractivity (Wildman–Crippen MR) is 84.8 cm³/mol. The van der Waals surface area contributed by atoms with Gasteiger partial charge in [0.25, 0.3) is 0 Å². The molecular formula is C15H19N7. The Morgan fingerprint density at radius 1 is 1.09 bits per heavy atom. The molecule has 0 aromatic carbocycles. The molecule has 0 fully saturated rings. The lowest BCUT2D eigenvalue weighted by Crippen LogP contribution is -2.04. The Morgan fingerprint density at radius 3 is 2.59 bits per heavy atom. The maximum Gasteiger partial charge on any atom is 0.222 e. The van der Waals surface area contributed by atoms with E-state index in [2.05, 4.69) is 39.2 Å². The summed E-state index contributed by atoms with van der Waals surface area (Å²) in [6.07, 6.45) is 12.1. The molecule has 0 radical (unpaired) electrons. The average Bonchev–Trinajstić information content (AvgIpc) is 3.21. The fourth-order valence-electron chi connectivity index (χ4n) is 2.15. The second-order valence-electron chi connectivity index (χ2n) is 4.90. The van der Waals surface area contributed by atoms with E-state index < -0.39 is 0 Å². The van der Waals surface area contributed by atoms with Crippen LogP contribution in [0.5, 0.6) is 0 Å². The monoisotopic (exact) mass is 297 g/mol. The number of aryl methyl sites for hydroxylation is 1. The van der Waals surface area contributed by atoms with Gasteiger partial charge in [0.05, 0.1) is 17.4 Å². The molecule has 0 aliphatic rings. The van der Waals surface area contributed by atoms with Crippen molar-refractivity contribution in [2.24, 2.45) is 0 Å². The molecule has 0 atom stereocenters. The number of nitrogens with one attached hydrogen (secondary N) is 1. The standard InChI is InChI=1S/C15H19N7/c1-3-5-17-15-18-8-12(9-19-15)14-16-6-7-22(14)13-10-20-21(4-2)11-13/h6-11H,3-5H2,1-2H3,(H,17,18,19). The highest BCUT2D eigenvalue weighted by Gasteiger charge is 2.10. The summed E-state index contributed by atoms with van der Waals surface area (Å²) in [7, 11) is 0. The molecular weight excluding hydrogens is 278 g/mol. The van der Waals surface area contributed by atoms with Gasteiger partial charge in [-0.3, -0.25) is 9.25 Å². The van der Waals surface area contributed by atoms with E-state index in [-0.39, 0.29) is 0 Å². The van der Waals surface area contributed by atoms with Gasteiger partial charge >= 0.3 is 0 Å². The molecule has 0 aliphatic heterocycles. The minimum atomic E-state index is 0.641. The number of nitrogens with zero attached hydrogens (tertiary/aromatic N) is 6. The smallest absolute Gasteiger partial charge is 0.222 e. The third-order valence-electron chi connectivity index (χ3n) is 3.31. The number of aromatic nitrogens is 6. The number of rotatable bonds is 6. The normalized spacial score (nSPS) is 10.8. The molecule has 0 amide bonds. The van der Waals surface area contributed by atoms with E-state index in [0.717, 1.165) is 36.6 Å². The SMILES string of the molecule is CCCNc1ncc(-c2nccn2-c2cnn(CC)c2)cn1. The maximum atomic E-state index is 4.42. The topological polar surface area (TPSA) is 73.5 Å². The second kappa shape index (κ2) is 6.38. The number of imidazole rings is 1. The van der Waals surface area contributed by atoms with Crippen molar-refractivity contribution >= 4 is 5.95 Å². The van der Waals surface area contributed by atoms with Crippen LogP contribution < -0.4 is 5.32 Å². The Labute approximate surface area is 129 Å². The van der Waals surface area contributed by atoms with Gasteiger partial charge in [-0.05, 0) is 13.3 Å². The molecule has 114 valence electrons. The zero-order valence-electron chi connectivity index (χ0n) is 12.8. The van der Waals surface area contributed by atoms with E-state index >= 15 is 0 Å². The Morgan fingerprint density at radius 2 is 1.91 bits per heavy atom. The van der Waals surface area contributed by atoms with Gasteiger partial charge in [0.2, 0.25) is 5.95 Å². The van der Waals surface area contributed by atoms with Gasteiger partial charge in [0, 0.05) is 44.1 Å². The third kappa shape index (κ3) is 2.83. The van der Waals surface area contributed by atoms with E-state index in [9.17, 15) is 0 Å². The molecule has 0 spiro atoms. The minimum Gasteiger partial charge on any atom is -0.354 e. The Balaban J connectivity index is 1.88. The van der Waals surface area contributed by atoms with Gasteiger partial charge in [0.15, 0.2) is 0 Å². The van der Waals surface area contributed by atoms with Crippen molar-refractivity contribution in [2.45, 2.75) is 26.8 Å². The molecule has 7 heteroatoms. The van der Waals surface area contributed by atoms with Crippen LogP contribution in [0.3, 0.4) is 0 Å². The summed E-state index contributed by atoms with van der Waals surface area (Å²) >= 11 is 0. The highest BCUT2D eigenvalue weighted by atomic mass is 15.3. The molecule has 3 rings (SSSR count). The van der Waals surface area contributed by atoms with Crippen LogP contribution in [-0.4, -0.2) is 35.8 Å². The summed E-state index contributed by atoms with van der Waals surface area (Å²) in [5.74, 6) is 1.44. The van der Waals surface area contributed by atoms with E-state index in [1.54, 1.807) is 18.6 Å². The lowest BCUT2D eigenvalue weighted by atomic mass is 10.3. The molecule has 22 heavy (non-hydrogen) atoms.